The van der Waals surface area contributed by atoms with Gasteiger partial charge in [0.1, 0.15) is 0 Å². The number of carbonyl (C=O) groups is 1. The number of hydrogen-bond donors (Lipinski definition) is 1. The molecule has 1 aromatic carbocycles. The second-order valence-corrected chi connectivity index (χ2v) is 5.47. The Bertz CT molecular complexity index is 778. The number of nitrogens with zero attached hydrogens (tertiary/aromatic N) is 3. The molecule has 23 heavy (non-hydrogen) atoms. The predicted octanol–water partition coefficient (Wildman–Crippen LogP) is 1.45. The standard InChI is InChI=1S/C16H16N4O3/c1-17-16-18-7-11-12(19-16)8-20(15(11)21)5-4-10-2-3-13-14(6-10)23-9-22-13/h2-3,6-7H,4-5,8-9H2,1H3,(H,17,18,19). The minimum absolute atomic E-state index is 0.0107. The second-order valence-electron chi connectivity index (χ2n) is 5.47. The van der Waals surface area contributed by atoms with Crippen LogP contribution in [0.25, 0.3) is 0 Å². The summed E-state index contributed by atoms with van der Waals surface area (Å²) in [6, 6.07) is 5.87. The monoisotopic (exact) mass is 312 g/mol. The Hall–Kier alpha value is -2.83. The van der Waals surface area contributed by atoms with Crippen molar-refractivity contribution >= 4 is 11.9 Å². The first kappa shape index (κ1) is 13.8. The van der Waals surface area contributed by atoms with Gasteiger partial charge in [0, 0.05) is 19.8 Å². The third-order valence-electron chi connectivity index (χ3n) is 4.06. The molecule has 2 aliphatic heterocycles. The normalized spacial score (nSPS) is 15.0. The van der Waals surface area contributed by atoms with E-state index in [2.05, 4.69) is 15.3 Å². The Morgan fingerprint density at radius 2 is 2.17 bits per heavy atom. The lowest BCUT2D eigenvalue weighted by molar-refractivity contribution is 0.0780. The van der Waals surface area contributed by atoms with Crippen molar-refractivity contribution in [3.63, 3.8) is 0 Å². The molecule has 0 atom stereocenters. The number of aromatic nitrogens is 2. The van der Waals surface area contributed by atoms with Gasteiger partial charge in [0.05, 0.1) is 17.8 Å². The summed E-state index contributed by atoms with van der Waals surface area (Å²) in [6.45, 7) is 1.42. The van der Waals surface area contributed by atoms with E-state index >= 15 is 0 Å². The maximum absolute atomic E-state index is 12.4. The van der Waals surface area contributed by atoms with Gasteiger partial charge in [-0.1, -0.05) is 6.07 Å². The average molecular weight is 312 g/mol. The van der Waals surface area contributed by atoms with E-state index in [1.54, 1.807) is 18.1 Å². The minimum Gasteiger partial charge on any atom is -0.454 e. The third-order valence-corrected chi connectivity index (χ3v) is 4.06. The Morgan fingerprint density at radius 3 is 3.04 bits per heavy atom. The Kier molecular flexibility index (Phi) is 3.25. The lowest BCUT2D eigenvalue weighted by Gasteiger charge is -2.15. The molecule has 1 amide bonds. The highest BCUT2D eigenvalue weighted by Gasteiger charge is 2.29. The third kappa shape index (κ3) is 2.44. The predicted molar refractivity (Wildman–Crippen MR) is 82.6 cm³/mol. The van der Waals surface area contributed by atoms with Crippen molar-refractivity contribution in [2.45, 2.75) is 13.0 Å². The van der Waals surface area contributed by atoms with Crippen molar-refractivity contribution in [1.29, 1.82) is 0 Å². The Balaban J connectivity index is 1.45. The molecule has 7 heteroatoms. The topological polar surface area (TPSA) is 76.6 Å². The summed E-state index contributed by atoms with van der Waals surface area (Å²) in [5.41, 5.74) is 2.48. The van der Waals surface area contributed by atoms with Gasteiger partial charge >= 0.3 is 0 Å². The van der Waals surface area contributed by atoms with Crippen molar-refractivity contribution in [3.8, 4) is 11.5 Å². The summed E-state index contributed by atoms with van der Waals surface area (Å²) in [4.78, 5) is 22.6. The van der Waals surface area contributed by atoms with Crippen LogP contribution in [0, 0.1) is 0 Å². The van der Waals surface area contributed by atoms with Gasteiger partial charge in [-0.15, -0.1) is 0 Å². The number of amides is 1. The van der Waals surface area contributed by atoms with Crippen LogP contribution in [0.15, 0.2) is 24.4 Å². The average Bonchev–Trinajstić information content (AvgIpc) is 3.16. The summed E-state index contributed by atoms with van der Waals surface area (Å²) in [5, 5.41) is 2.89. The molecule has 118 valence electrons. The summed E-state index contributed by atoms with van der Waals surface area (Å²) >= 11 is 0. The number of benzene rings is 1. The first-order chi connectivity index (χ1) is 11.2. The molecular formula is C16H16N4O3. The number of nitrogens with one attached hydrogen (secondary N) is 1. The van der Waals surface area contributed by atoms with Crippen molar-refractivity contribution < 1.29 is 14.3 Å². The molecule has 1 aromatic heterocycles. The first-order valence-electron chi connectivity index (χ1n) is 7.46. The molecule has 7 nitrogen and oxygen atoms in total. The Labute approximate surface area is 133 Å². The summed E-state index contributed by atoms with van der Waals surface area (Å²) in [7, 11) is 1.76. The summed E-state index contributed by atoms with van der Waals surface area (Å²) in [6.07, 6.45) is 2.35. The van der Waals surface area contributed by atoms with Crippen LogP contribution < -0.4 is 14.8 Å². The molecule has 0 spiro atoms. The molecule has 3 heterocycles. The van der Waals surface area contributed by atoms with Crippen molar-refractivity contribution in [3.05, 3.63) is 41.2 Å². The molecular weight excluding hydrogens is 296 g/mol. The van der Waals surface area contributed by atoms with Gasteiger partial charge in [-0.3, -0.25) is 4.79 Å². The van der Waals surface area contributed by atoms with Crippen molar-refractivity contribution in [2.75, 3.05) is 25.7 Å². The number of carbonyl (C=O) groups excluding carboxylic acids is 1. The molecule has 0 aliphatic carbocycles. The maximum Gasteiger partial charge on any atom is 0.257 e. The van der Waals surface area contributed by atoms with E-state index < -0.39 is 0 Å². The quantitative estimate of drug-likeness (QED) is 0.921. The van der Waals surface area contributed by atoms with Crippen LogP contribution in [-0.4, -0.2) is 41.2 Å². The number of hydrogen-bond acceptors (Lipinski definition) is 6. The molecule has 0 saturated heterocycles. The number of ether oxygens (including phenoxy) is 2. The van der Waals surface area contributed by atoms with Gasteiger partial charge < -0.3 is 19.7 Å². The van der Waals surface area contributed by atoms with Crippen molar-refractivity contribution in [2.24, 2.45) is 0 Å². The SMILES string of the molecule is CNc1ncc2c(n1)CN(CCc1ccc3c(c1)OCO3)C2=O. The zero-order valence-electron chi connectivity index (χ0n) is 12.7. The molecule has 0 fully saturated rings. The van der Waals surface area contributed by atoms with Gasteiger partial charge in [-0.25, -0.2) is 9.97 Å². The smallest absolute Gasteiger partial charge is 0.257 e. The van der Waals surface area contributed by atoms with Crippen molar-refractivity contribution in [1.82, 2.24) is 14.9 Å². The van der Waals surface area contributed by atoms with E-state index in [1.807, 2.05) is 18.2 Å². The fraction of sp³-hybridized carbons (Fsp3) is 0.312. The summed E-state index contributed by atoms with van der Waals surface area (Å²) < 4.78 is 10.7. The first-order valence-corrected chi connectivity index (χ1v) is 7.46. The zero-order valence-corrected chi connectivity index (χ0v) is 12.7. The Morgan fingerprint density at radius 1 is 1.30 bits per heavy atom. The largest absolute Gasteiger partial charge is 0.454 e. The van der Waals surface area contributed by atoms with Gasteiger partial charge in [-0.05, 0) is 24.1 Å². The fourth-order valence-corrected chi connectivity index (χ4v) is 2.80. The van der Waals surface area contributed by atoms with Gasteiger partial charge in [0.25, 0.3) is 5.91 Å². The van der Waals surface area contributed by atoms with Gasteiger partial charge in [0.15, 0.2) is 11.5 Å². The van der Waals surface area contributed by atoms with Gasteiger partial charge in [0.2, 0.25) is 12.7 Å². The molecule has 4 rings (SSSR count). The van der Waals surface area contributed by atoms with Gasteiger partial charge in [-0.2, -0.15) is 0 Å². The zero-order chi connectivity index (χ0) is 15.8. The highest BCUT2D eigenvalue weighted by atomic mass is 16.7. The highest BCUT2D eigenvalue weighted by Crippen LogP contribution is 2.32. The maximum atomic E-state index is 12.4. The summed E-state index contributed by atoms with van der Waals surface area (Å²) in [5.74, 6) is 2.06. The molecule has 2 aromatic rings. The minimum atomic E-state index is -0.0107. The number of rotatable bonds is 4. The van der Waals surface area contributed by atoms with E-state index in [0.717, 1.165) is 29.2 Å². The number of fused-ring (bicyclic) bond motifs is 2. The van der Waals surface area contributed by atoms with E-state index in [4.69, 9.17) is 9.47 Å². The van der Waals surface area contributed by atoms with Crippen LogP contribution in [0.4, 0.5) is 5.95 Å². The highest BCUT2D eigenvalue weighted by molar-refractivity contribution is 5.97. The number of anilines is 1. The van der Waals surface area contributed by atoms with Crippen LogP contribution in [0.5, 0.6) is 11.5 Å². The van der Waals surface area contributed by atoms with E-state index in [-0.39, 0.29) is 12.7 Å². The van der Waals surface area contributed by atoms with Crippen LogP contribution in [-0.2, 0) is 13.0 Å². The lowest BCUT2D eigenvalue weighted by Crippen LogP contribution is -2.26. The van der Waals surface area contributed by atoms with Crippen LogP contribution in [0.2, 0.25) is 0 Å². The molecule has 0 radical (unpaired) electrons. The lowest BCUT2D eigenvalue weighted by atomic mass is 10.1. The molecule has 2 aliphatic rings. The molecule has 0 saturated carbocycles. The molecule has 0 bridgehead atoms. The van der Waals surface area contributed by atoms with E-state index in [0.29, 0.717) is 24.6 Å². The fourth-order valence-electron chi connectivity index (χ4n) is 2.80. The van der Waals surface area contributed by atoms with Crippen LogP contribution in [0.3, 0.4) is 0 Å². The van der Waals surface area contributed by atoms with Crippen LogP contribution >= 0.6 is 0 Å². The second kappa shape index (κ2) is 5.42. The molecule has 0 unspecified atom stereocenters. The van der Waals surface area contributed by atoms with E-state index in [9.17, 15) is 4.79 Å². The molecule has 1 N–H and O–H groups in total. The van der Waals surface area contributed by atoms with E-state index in [1.165, 1.54) is 0 Å². The van der Waals surface area contributed by atoms with Crippen LogP contribution in [0.1, 0.15) is 21.6 Å².